The standard InChI is InChI=1S/C29H43N/c1-2-3-4-5-8-24-11-13-25(14-12-24)9-6-7-10-26-15-19-28(20-16-26)29-21-17-27(23-30)18-22-29/h7,10,17-18,21-22,24-26,28H,2-6,8-9,11-16,19-20H2,1H3/b10-7+. The lowest BCUT2D eigenvalue weighted by Crippen LogP contribution is -2.14. The van der Waals surface area contributed by atoms with E-state index in [1.54, 1.807) is 0 Å². The molecule has 2 saturated carbocycles. The van der Waals surface area contributed by atoms with Gasteiger partial charge in [-0.05, 0) is 79.9 Å². The first-order valence-corrected chi connectivity index (χ1v) is 12.9. The molecule has 0 saturated heterocycles. The summed E-state index contributed by atoms with van der Waals surface area (Å²) in [5.41, 5.74) is 2.20. The molecule has 30 heavy (non-hydrogen) atoms. The van der Waals surface area contributed by atoms with E-state index in [0.29, 0.717) is 5.92 Å². The van der Waals surface area contributed by atoms with Gasteiger partial charge in [0.15, 0.2) is 0 Å². The summed E-state index contributed by atoms with van der Waals surface area (Å²) >= 11 is 0. The van der Waals surface area contributed by atoms with Crippen molar-refractivity contribution in [2.75, 3.05) is 0 Å². The van der Waals surface area contributed by atoms with E-state index >= 15 is 0 Å². The fraction of sp³-hybridized carbons (Fsp3) is 0.690. The van der Waals surface area contributed by atoms with Gasteiger partial charge in [0, 0.05) is 0 Å². The molecule has 1 heteroatoms. The maximum Gasteiger partial charge on any atom is 0.0991 e. The lowest BCUT2D eigenvalue weighted by atomic mass is 9.77. The van der Waals surface area contributed by atoms with Crippen LogP contribution in [0.2, 0.25) is 0 Å². The van der Waals surface area contributed by atoms with Crippen molar-refractivity contribution in [1.29, 1.82) is 5.26 Å². The third-order valence-electron chi connectivity index (χ3n) is 7.87. The molecule has 1 nitrogen and oxygen atoms in total. The Balaban J connectivity index is 1.27. The molecule has 2 fully saturated rings. The van der Waals surface area contributed by atoms with Crippen LogP contribution < -0.4 is 0 Å². The van der Waals surface area contributed by atoms with E-state index in [1.165, 1.54) is 102 Å². The van der Waals surface area contributed by atoms with E-state index < -0.39 is 0 Å². The largest absolute Gasteiger partial charge is 0.192 e. The number of hydrogen-bond donors (Lipinski definition) is 0. The van der Waals surface area contributed by atoms with Crippen LogP contribution >= 0.6 is 0 Å². The van der Waals surface area contributed by atoms with Crippen LogP contribution in [0.3, 0.4) is 0 Å². The molecule has 0 unspecified atom stereocenters. The highest BCUT2D eigenvalue weighted by molar-refractivity contribution is 5.33. The third-order valence-corrected chi connectivity index (χ3v) is 7.87. The van der Waals surface area contributed by atoms with Crippen LogP contribution in [-0.4, -0.2) is 0 Å². The van der Waals surface area contributed by atoms with Gasteiger partial charge in [-0.3, -0.25) is 0 Å². The van der Waals surface area contributed by atoms with E-state index in [-0.39, 0.29) is 0 Å². The number of rotatable bonds is 10. The zero-order valence-electron chi connectivity index (χ0n) is 19.3. The Morgan fingerprint density at radius 3 is 2.13 bits per heavy atom. The van der Waals surface area contributed by atoms with Gasteiger partial charge in [0.05, 0.1) is 11.6 Å². The van der Waals surface area contributed by atoms with Gasteiger partial charge in [0.1, 0.15) is 0 Å². The quantitative estimate of drug-likeness (QED) is 0.281. The summed E-state index contributed by atoms with van der Waals surface area (Å²) in [6, 6.07) is 10.5. The molecular formula is C29H43N. The van der Waals surface area contributed by atoms with Crippen molar-refractivity contribution in [2.24, 2.45) is 17.8 Å². The molecule has 0 heterocycles. The fourth-order valence-electron chi connectivity index (χ4n) is 5.76. The Kier molecular flexibility index (Phi) is 10.0. The van der Waals surface area contributed by atoms with Crippen LogP contribution in [0, 0.1) is 29.1 Å². The predicted octanol–water partition coefficient (Wildman–Crippen LogP) is 8.95. The molecule has 164 valence electrons. The molecule has 0 radical (unpaired) electrons. The maximum atomic E-state index is 8.96. The first-order valence-electron chi connectivity index (χ1n) is 12.9. The molecule has 0 aliphatic heterocycles. The van der Waals surface area contributed by atoms with Gasteiger partial charge in [0.25, 0.3) is 0 Å². The Hall–Kier alpha value is -1.55. The van der Waals surface area contributed by atoms with Crippen LogP contribution in [0.4, 0.5) is 0 Å². The Labute approximate surface area is 186 Å². The van der Waals surface area contributed by atoms with Crippen LogP contribution in [0.5, 0.6) is 0 Å². The number of benzene rings is 1. The molecule has 2 aliphatic rings. The van der Waals surface area contributed by atoms with Crippen molar-refractivity contribution in [1.82, 2.24) is 0 Å². The first-order chi connectivity index (χ1) is 14.8. The second-order valence-electron chi connectivity index (χ2n) is 10.1. The first kappa shape index (κ1) is 23.1. The van der Waals surface area contributed by atoms with E-state index in [9.17, 15) is 0 Å². The smallest absolute Gasteiger partial charge is 0.0991 e. The van der Waals surface area contributed by atoms with Gasteiger partial charge in [-0.1, -0.05) is 89.0 Å². The van der Waals surface area contributed by atoms with E-state index in [0.717, 1.165) is 23.3 Å². The minimum absolute atomic E-state index is 0.694. The van der Waals surface area contributed by atoms with E-state index in [2.05, 4.69) is 37.3 Å². The van der Waals surface area contributed by atoms with Crippen LogP contribution in [-0.2, 0) is 0 Å². The van der Waals surface area contributed by atoms with Crippen molar-refractivity contribution >= 4 is 0 Å². The molecule has 0 spiro atoms. The summed E-state index contributed by atoms with van der Waals surface area (Å²) in [6.45, 7) is 2.31. The van der Waals surface area contributed by atoms with E-state index in [4.69, 9.17) is 5.26 Å². The number of nitriles is 1. The summed E-state index contributed by atoms with van der Waals surface area (Å²) in [5, 5.41) is 8.96. The number of allylic oxidation sites excluding steroid dienone is 2. The van der Waals surface area contributed by atoms with Crippen molar-refractivity contribution in [2.45, 2.75) is 109 Å². The SMILES string of the molecule is CCCCCCC1CCC(CC/C=C/C2CCC(c3ccc(C#N)cc3)CC2)CC1. The Bertz CT molecular complexity index is 649. The van der Waals surface area contributed by atoms with Gasteiger partial charge in [-0.25, -0.2) is 0 Å². The summed E-state index contributed by atoms with van der Waals surface area (Å²) in [6.07, 6.45) is 26.2. The zero-order valence-corrected chi connectivity index (χ0v) is 19.3. The summed E-state index contributed by atoms with van der Waals surface area (Å²) in [7, 11) is 0. The van der Waals surface area contributed by atoms with Gasteiger partial charge in [-0.15, -0.1) is 0 Å². The van der Waals surface area contributed by atoms with Crippen LogP contribution in [0.1, 0.15) is 120 Å². The highest BCUT2D eigenvalue weighted by Gasteiger charge is 2.22. The fourth-order valence-corrected chi connectivity index (χ4v) is 5.76. The van der Waals surface area contributed by atoms with Crippen LogP contribution in [0.15, 0.2) is 36.4 Å². The Morgan fingerprint density at radius 2 is 1.50 bits per heavy atom. The molecule has 1 aromatic rings. The average molecular weight is 406 g/mol. The molecule has 0 amide bonds. The second kappa shape index (κ2) is 13.0. The van der Waals surface area contributed by atoms with Crippen molar-refractivity contribution < 1.29 is 0 Å². The average Bonchev–Trinajstić information content (AvgIpc) is 2.81. The minimum Gasteiger partial charge on any atom is -0.192 e. The second-order valence-corrected chi connectivity index (χ2v) is 10.1. The topological polar surface area (TPSA) is 23.8 Å². The summed E-state index contributed by atoms with van der Waals surface area (Å²) in [5.74, 6) is 3.52. The lowest BCUT2D eigenvalue weighted by molar-refractivity contribution is 0.249. The third kappa shape index (κ3) is 7.61. The molecule has 3 rings (SSSR count). The highest BCUT2D eigenvalue weighted by atomic mass is 14.3. The minimum atomic E-state index is 0.694. The zero-order chi connectivity index (χ0) is 21.0. The number of hydrogen-bond acceptors (Lipinski definition) is 1. The summed E-state index contributed by atoms with van der Waals surface area (Å²) < 4.78 is 0. The highest BCUT2D eigenvalue weighted by Crippen LogP contribution is 2.37. The maximum absolute atomic E-state index is 8.96. The van der Waals surface area contributed by atoms with E-state index in [1.807, 2.05) is 12.1 Å². The monoisotopic (exact) mass is 405 g/mol. The van der Waals surface area contributed by atoms with Gasteiger partial charge >= 0.3 is 0 Å². The Morgan fingerprint density at radius 1 is 0.833 bits per heavy atom. The molecule has 0 atom stereocenters. The molecule has 0 bridgehead atoms. The molecule has 2 aliphatic carbocycles. The molecular weight excluding hydrogens is 362 g/mol. The molecule has 0 N–H and O–H groups in total. The van der Waals surface area contributed by atoms with Crippen molar-refractivity contribution in [3.8, 4) is 6.07 Å². The summed E-state index contributed by atoms with van der Waals surface area (Å²) in [4.78, 5) is 0. The molecule has 1 aromatic carbocycles. The van der Waals surface area contributed by atoms with Gasteiger partial charge in [0.2, 0.25) is 0 Å². The van der Waals surface area contributed by atoms with Crippen molar-refractivity contribution in [3.63, 3.8) is 0 Å². The number of unbranched alkanes of at least 4 members (excludes halogenated alkanes) is 3. The number of nitrogens with zero attached hydrogens (tertiary/aromatic N) is 1. The molecule has 0 aromatic heterocycles. The van der Waals surface area contributed by atoms with Crippen molar-refractivity contribution in [3.05, 3.63) is 47.5 Å². The van der Waals surface area contributed by atoms with Crippen LogP contribution in [0.25, 0.3) is 0 Å². The normalized spacial score (nSPS) is 27.2. The predicted molar refractivity (Wildman–Crippen MR) is 128 cm³/mol. The van der Waals surface area contributed by atoms with Gasteiger partial charge in [-0.2, -0.15) is 5.26 Å². The lowest BCUT2D eigenvalue weighted by Gasteiger charge is -2.28. The van der Waals surface area contributed by atoms with Gasteiger partial charge < -0.3 is 0 Å².